The Morgan fingerprint density at radius 2 is 1.97 bits per heavy atom. The molecule has 2 aliphatic heterocycles. The van der Waals surface area contributed by atoms with Crippen molar-refractivity contribution < 1.29 is 14.3 Å². The van der Waals surface area contributed by atoms with Gasteiger partial charge < -0.3 is 19.3 Å². The molecule has 0 bridgehead atoms. The fourth-order valence-corrected chi connectivity index (χ4v) is 4.65. The van der Waals surface area contributed by atoms with Crippen molar-refractivity contribution in [1.82, 2.24) is 14.8 Å². The molecule has 0 radical (unpaired) electrons. The Hall–Kier alpha value is -1.87. The van der Waals surface area contributed by atoms with Gasteiger partial charge in [-0.15, -0.1) is 11.3 Å². The van der Waals surface area contributed by atoms with Crippen LogP contribution >= 0.6 is 22.9 Å². The molecule has 2 aliphatic rings. The first-order valence-corrected chi connectivity index (χ1v) is 11.0. The highest BCUT2D eigenvalue weighted by Gasteiger charge is 2.26. The minimum atomic E-state index is -0.0229. The Morgan fingerprint density at radius 1 is 1.21 bits per heavy atom. The first kappa shape index (κ1) is 20.4. The van der Waals surface area contributed by atoms with E-state index < -0.39 is 0 Å². The van der Waals surface area contributed by atoms with Gasteiger partial charge in [-0.05, 0) is 18.2 Å². The molecule has 2 aromatic rings. The van der Waals surface area contributed by atoms with Gasteiger partial charge in [0.2, 0.25) is 0 Å². The van der Waals surface area contributed by atoms with Crippen LogP contribution in [0.5, 0.6) is 5.75 Å². The maximum atomic E-state index is 12.9. The van der Waals surface area contributed by atoms with Crippen LogP contribution in [-0.4, -0.2) is 80.3 Å². The van der Waals surface area contributed by atoms with E-state index in [0.29, 0.717) is 29.4 Å². The summed E-state index contributed by atoms with van der Waals surface area (Å²) in [6, 6.07) is 5.13. The molecule has 156 valence electrons. The molecule has 0 saturated carbocycles. The van der Waals surface area contributed by atoms with Crippen LogP contribution in [-0.2, 0) is 11.3 Å². The summed E-state index contributed by atoms with van der Waals surface area (Å²) in [5.74, 6) is 0.489. The van der Waals surface area contributed by atoms with Crippen LogP contribution in [0.15, 0.2) is 23.6 Å². The average Bonchev–Trinajstić information content (AvgIpc) is 3.22. The van der Waals surface area contributed by atoms with E-state index in [-0.39, 0.29) is 5.91 Å². The van der Waals surface area contributed by atoms with Gasteiger partial charge in [0, 0.05) is 56.2 Å². The molecule has 0 N–H and O–H groups in total. The molecule has 2 fully saturated rings. The lowest BCUT2D eigenvalue weighted by Gasteiger charge is -2.34. The van der Waals surface area contributed by atoms with E-state index in [0.717, 1.165) is 56.8 Å². The standard InChI is InChI=1S/C20H25ClN4O3S/c1-27-18-12-15(21)2-3-17(18)19(26)24-4-6-25(7-5-24)20-22-16(14-29-20)13-23-8-10-28-11-9-23/h2-3,12,14H,4-11,13H2,1H3. The predicted molar refractivity (Wildman–Crippen MR) is 114 cm³/mol. The molecular weight excluding hydrogens is 412 g/mol. The molecule has 3 heterocycles. The number of carbonyl (C=O) groups excluding carboxylic acids is 1. The van der Waals surface area contributed by atoms with Crippen LogP contribution in [0.25, 0.3) is 0 Å². The molecule has 0 atom stereocenters. The zero-order valence-corrected chi connectivity index (χ0v) is 18.0. The Labute approximate surface area is 179 Å². The van der Waals surface area contributed by atoms with Gasteiger partial charge in [0.15, 0.2) is 5.13 Å². The van der Waals surface area contributed by atoms with E-state index in [1.54, 1.807) is 36.6 Å². The van der Waals surface area contributed by atoms with Crippen LogP contribution in [0.3, 0.4) is 0 Å². The Bertz CT molecular complexity index is 848. The molecule has 1 amide bonds. The molecule has 1 aromatic heterocycles. The van der Waals surface area contributed by atoms with Crippen LogP contribution in [0.4, 0.5) is 5.13 Å². The summed E-state index contributed by atoms with van der Waals surface area (Å²) in [6.45, 7) is 7.24. The number of rotatable bonds is 5. The normalized spacial score (nSPS) is 18.1. The second kappa shape index (κ2) is 9.30. The maximum absolute atomic E-state index is 12.9. The topological polar surface area (TPSA) is 58.1 Å². The van der Waals surface area contributed by atoms with Gasteiger partial charge in [-0.2, -0.15) is 0 Å². The first-order chi connectivity index (χ1) is 14.1. The molecule has 2 saturated heterocycles. The van der Waals surface area contributed by atoms with Crippen molar-refractivity contribution in [2.45, 2.75) is 6.54 Å². The van der Waals surface area contributed by atoms with E-state index in [1.807, 2.05) is 4.90 Å². The van der Waals surface area contributed by atoms with Crippen molar-refractivity contribution in [1.29, 1.82) is 0 Å². The van der Waals surface area contributed by atoms with Crippen LogP contribution in [0.2, 0.25) is 5.02 Å². The summed E-state index contributed by atoms with van der Waals surface area (Å²) in [4.78, 5) is 24.2. The fraction of sp³-hybridized carbons (Fsp3) is 0.500. The van der Waals surface area contributed by atoms with Crippen molar-refractivity contribution in [3.63, 3.8) is 0 Å². The largest absolute Gasteiger partial charge is 0.496 e. The number of hydrogen-bond acceptors (Lipinski definition) is 7. The Balaban J connectivity index is 1.34. The van der Waals surface area contributed by atoms with Crippen molar-refractivity contribution in [3.8, 4) is 5.75 Å². The van der Waals surface area contributed by atoms with Gasteiger partial charge in [-0.1, -0.05) is 11.6 Å². The highest BCUT2D eigenvalue weighted by Crippen LogP contribution is 2.26. The molecule has 0 aliphatic carbocycles. The third-order valence-electron chi connectivity index (χ3n) is 5.26. The molecule has 0 unspecified atom stereocenters. The van der Waals surface area contributed by atoms with Crippen LogP contribution in [0, 0.1) is 0 Å². The van der Waals surface area contributed by atoms with Crippen LogP contribution < -0.4 is 9.64 Å². The quantitative estimate of drug-likeness (QED) is 0.718. The van der Waals surface area contributed by atoms with Gasteiger partial charge in [0.05, 0.1) is 31.6 Å². The summed E-state index contributed by atoms with van der Waals surface area (Å²) in [7, 11) is 1.55. The number of piperazine rings is 1. The van der Waals surface area contributed by atoms with Gasteiger partial charge in [-0.25, -0.2) is 4.98 Å². The van der Waals surface area contributed by atoms with Crippen molar-refractivity contribution >= 4 is 34.0 Å². The number of anilines is 1. The summed E-state index contributed by atoms with van der Waals surface area (Å²) in [5.41, 5.74) is 1.66. The lowest BCUT2D eigenvalue weighted by atomic mass is 10.1. The zero-order chi connectivity index (χ0) is 20.2. The number of hydrogen-bond donors (Lipinski definition) is 0. The lowest BCUT2D eigenvalue weighted by molar-refractivity contribution is 0.0337. The van der Waals surface area contributed by atoms with E-state index in [2.05, 4.69) is 15.2 Å². The average molecular weight is 437 g/mol. The summed E-state index contributed by atoms with van der Waals surface area (Å²) >= 11 is 7.69. The van der Waals surface area contributed by atoms with Gasteiger partial charge >= 0.3 is 0 Å². The van der Waals surface area contributed by atoms with Gasteiger partial charge in [0.25, 0.3) is 5.91 Å². The SMILES string of the molecule is COc1cc(Cl)ccc1C(=O)N1CCN(c2nc(CN3CCOCC3)cs2)CC1. The lowest BCUT2D eigenvalue weighted by Crippen LogP contribution is -2.48. The fourth-order valence-electron chi connectivity index (χ4n) is 3.62. The summed E-state index contributed by atoms with van der Waals surface area (Å²) in [6.07, 6.45) is 0. The highest BCUT2D eigenvalue weighted by atomic mass is 35.5. The minimum Gasteiger partial charge on any atom is -0.496 e. The highest BCUT2D eigenvalue weighted by molar-refractivity contribution is 7.13. The van der Waals surface area contributed by atoms with E-state index in [1.165, 1.54) is 0 Å². The molecule has 7 nitrogen and oxygen atoms in total. The first-order valence-electron chi connectivity index (χ1n) is 9.76. The molecule has 4 rings (SSSR count). The third-order valence-corrected chi connectivity index (χ3v) is 6.45. The molecule has 0 spiro atoms. The van der Waals surface area contributed by atoms with Crippen molar-refractivity contribution in [2.75, 3.05) is 64.5 Å². The minimum absolute atomic E-state index is 0.0229. The van der Waals surface area contributed by atoms with Crippen molar-refractivity contribution in [3.05, 3.63) is 39.9 Å². The number of ether oxygens (including phenoxy) is 2. The van der Waals surface area contributed by atoms with Gasteiger partial charge in [0.1, 0.15) is 5.75 Å². The smallest absolute Gasteiger partial charge is 0.257 e. The number of morpholine rings is 1. The number of halogens is 1. The number of carbonyl (C=O) groups is 1. The molecule has 1 aromatic carbocycles. The number of amides is 1. The predicted octanol–water partition coefficient (Wildman–Crippen LogP) is 2.60. The maximum Gasteiger partial charge on any atom is 0.257 e. The number of methoxy groups -OCH3 is 1. The number of aromatic nitrogens is 1. The van der Waals surface area contributed by atoms with Gasteiger partial charge in [-0.3, -0.25) is 9.69 Å². The second-order valence-electron chi connectivity index (χ2n) is 7.13. The zero-order valence-electron chi connectivity index (χ0n) is 16.5. The number of benzene rings is 1. The Kier molecular flexibility index (Phi) is 6.54. The molecule has 29 heavy (non-hydrogen) atoms. The van der Waals surface area contributed by atoms with E-state index >= 15 is 0 Å². The number of nitrogens with zero attached hydrogens (tertiary/aromatic N) is 4. The van der Waals surface area contributed by atoms with Crippen molar-refractivity contribution in [2.24, 2.45) is 0 Å². The Morgan fingerprint density at radius 3 is 2.69 bits per heavy atom. The molecular formula is C20H25ClN4O3S. The molecule has 9 heteroatoms. The van der Waals surface area contributed by atoms with E-state index in [4.69, 9.17) is 26.1 Å². The second-order valence-corrected chi connectivity index (χ2v) is 8.41. The summed E-state index contributed by atoms with van der Waals surface area (Å²) in [5, 5.41) is 3.73. The van der Waals surface area contributed by atoms with E-state index in [9.17, 15) is 4.79 Å². The van der Waals surface area contributed by atoms with Crippen LogP contribution in [0.1, 0.15) is 16.1 Å². The number of thiazole rings is 1. The monoisotopic (exact) mass is 436 g/mol. The summed E-state index contributed by atoms with van der Waals surface area (Å²) < 4.78 is 10.7. The third kappa shape index (κ3) is 4.83.